The molecule has 0 saturated heterocycles. The molecule has 0 aliphatic carbocycles. The van der Waals surface area contributed by atoms with Crippen LogP contribution in [0.2, 0.25) is 0 Å². The van der Waals surface area contributed by atoms with E-state index in [4.69, 9.17) is 0 Å². The highest BCUT2D eigenvalue weighted by Gasteiger charge is 2.31. The first kappa shape index (κ1) is 9.19. The third-order valence-corrected chi connectivity index (χ3v) is 2.65. The first-order valence-corrected chi connectivity index (χ1v) is 4.59. The summed E-state index contributed by atoms with van der Waals surface area (Å²) in [4.78, 5) is 11.5. The van der Waals surface area contributed by atoms with Crippen LogP contribution < -0.4 is 5.32 Å². The SMILES string of the molecule is CC1(C)CNC(=O)c2ccc(F)cc21. The van der Waals surface area contributed by atoms with E-state index in [9.17, 15) is 9.18 Å². The van der Waals surface area contributed by atoms with E-state index in [0.717, 1.165) is 5.56 Å². The van der Waals surface area contributed by atoms with Crippen LogP contribution in [0.3, 0.4) is 0 Å². The molecule has 3 heteroatoms. The van der Waals surface area contributed by atoms with Crippen LogP contribution in [0.25, 0.3) is 0 Å². The second kappa shape index (κ2) is 2.80. The monoisotopic (exact) mass is 193 g/mol. The van der Waals surface area contributed by atoms with Gasteiger partial charge in [0.1, 0.15) is 5.82 Å². The lowest BCUT2D eigenvalue weighted by Gasteiger charge is -2.32. The Balaban J connectivity index is 2.64. The van der Waals surface area contributed by atoms with Crippen molar-refractivity contribution in [3.63, 3.8) is 0 Å². The molecule has 1 N–H and O–H groups in total. The van der Waals surface area contributed by atoms with Gasteiger partial charge in [0.15, 0.2) is 0 Å². The molecule has 0 bridgehead atoms. The van der Waals surface area contributed by atoms with Crippen molar-refractivity contribution in [1.29, 1.82) is 0 Å². The Morgan fingerprint density at radius 1 is 1.43 bits per heavy atom. The molecule has 14 heavy (non-hydrogen) atoms. The van der Waals surface area contributed by atoms with Gasteiger partial charge in [-0.15, -0.1) is 0 Å². The number of halogens is 1. The van der Waals surface area contributed by atoms with Gasteiger partial charge in [-0.1, -0.05) is 13.8 Å². The summed E-state index contributed by atoms with van der Waals surface area (Å²) in [5.74, 6) is -0.397. The maximum absolute atomic E-state index is 13.0. The maximum atomic E-state index is 13.0. The van der Waals surface area contributed by atoms with Crippen molar-refractivity contribution in [2.75, 3.05) is 6.54 Å². The summed E-state index contributed by atoms with van der Waals surface area (Å²) in [5.41, 5.74) is 1.19. The molecule has 1 aromatic carbocycles. The number of amides is 1. The average Bonchev–Trinajstić information content (AvgIpc) is 2.12. The number of fused-ring (bicyclic) bond motifs is 1. The molecule has 74 valence electrons. The van der Waals surface area contributed by atoms with Crippen molar-refractivity contribution in [2.24, 2.45) is 0 Å². The lowest BCUT2D eigenvalue weighted by atomic mass is 9.79. The van der Waals surface area contributed by atoms with Crippen LogP contribution in [-0.2, 0) is 5.41 Å². The second-order valence-corrected chi connectivity index (χ2v) is 4.26. The molecule has 1 aliphatic rings. The van der Waals surface area contributed by atoms with Gasteiger partial charge in [0, 0.05) is 17.5 Å². The van der Waals surface area contributed by atoms with Crippen LogP contribution in [0.4, 0.5) is 4.39 Å². The van der Waals surface area contributed by atoms with Crippen LogP contribution in [0.15, 0.2) is 18.2 Å². The standard InChI is InChI=1S/C11H12FNO/c1-11(2)6-13-10(14)8-4-3-7(12)5-9(8)11/h3-5H,6H2,1-2H3,(H,13,14). The predicted molar refractivity (Wildman–Crippen MR) is 51.8 cm³/mol. The lowest BCUT2D eigenvalue weighted by Crippen LogP contribution is -2.43. The number of rotatable bonds is 0. The van der Waals surface area contributed by atoms with E-state index < -0.39 is 0 Å². The number of carbonyl (C=O) groups is 1. The highest BCUT2D eigenvalue weighted by atomic mass is 19.1. The molecule has 0 spiro atoms. The molecule has 1 amide bonds. The van der Waals surface area contributed by atoms with Crippen molar-refractivity contribution in [3.8, 4) is 0 Å². The van der Waals surface area contributed by atoms with Gasteiger partial charge >= 0.3 is 0 Å². The van der Waals surface area contributed by atoms with Crippen LogP contribution in [0.5, 0.6) is 0 Å². The molecule has 0 saturated carbocycles. The van der Waals surface area contributed by atoms with Gasteiger partial charge in [0.25, 0.3) is 5.91 Å². The molecule has 1 aliphatic heterocycles. The smallest absolute Gasteiger partial charge is 0.251 e. The molecule has 0 radical (unpaired) electrons. The van der Waals surface area contributed by atoms with Crippen LogP contribution in [-0.4, -0.2) is 12.5 Å². The fourth-order valence-corrected chi connectivity index (χ4v) is 1.77. The fourth-order valence-electron chi connectivity index (χ4n) is 1.77. The molecule has 2 rings (SSSR count). The Kier molecular flexibility index (Phi) is 1.84. The highest BCUT2D eigenvalue weighted by molar-refractivity contribution is 5.97. The van der Waals surface area contributed by atoms with Crippen LogP contribution >= 0.6 is 0 Å². The van der Waals surface area contributed by atoms with Gasteiger partial charge in [-0.2, -0.15) is 0 Å². The molecule has 0 fully saturated rings. The zero-order valence-corrected chi connectivity index (χ0v) is 8.23. The summed E-state index contributed by atoms with van der Waals surface area (Å²) in [7, 11) is 0. The van der Waals surface area contributed by atoms with Gasteiger partial charge in [-0.25, -0.2) is 4.39 Å². The lowest BCUT2D eigenvalue weighted by molar-refractivity contribution is 0.0929. The third-order valence-electron chi connectivity index (χ3n) is 2.65. The van der Waals surface area contributed by atoms with Crippen molar-refractivity contribution in [3.05, 3.63) is 35.1 Å². The molecular weight excluding hydrogens is 181 g/mol. The van der Waals surface area contributed by atoms with E-state index in [1.165, 1.54) is 12.1 Å². The molecule has 1 aromatic rings. The van der Waals surface area contributed by atoms with Gasteiger partial charge in [0.2, 0.25) is 0 Å². The Labute approximate surface area is 82.1 Å². The molecule has 1 heterocycles. The minimum absolute atomic E-state index is 0.112. The zero-order valence-electron chi connectivity index (χ0n) is 8.23. The minimum Gasteiger partial charge on any atom is -0.351 e. The normalized spacial score (nSPS) is 18.6. The summed E-state index contributed by atoms with van der Waals surface area (Å²) in [5, 5.41) is 2.79. The largest absolute Gasteiger partial charge is 0.351 e. The number of nitrogens with one attached hydrogen (secondary N) is 1. The van der Waals surface area contributed by atoms with E-state index in [2.05, 4.69) is 5.32 Å². The average molecular weight is 193 g/mol. The molecule has 0 atom stereocenters. The number of hydrogen-bond acceptors (Lipinski definition) is 1. The molecule has 2 nitrogen and oxygen atoms in total. The van der Waals surface area contributed by atoms with E-state index in [1.54, 1.807) is 6.07 Å². The first-order chi connectivity index (χ1) is 6.50. The summed E-state index contributed by atoms with van der Waals surface area (Å²) in [6.07, 6.45) is 0. The molecule has 0 unspecified atom stereocenters. The fraction of sp³-hybridized carbons (Fsp3) is 0.364. The quantitative estimate of drug-likeness (QED) is 0.669. The van der Waals surface area contributed by atoms with Crippen molar-refractivity contribution in [2.45, 2.75) is 19.3 Å². The van der Waals surface area contributed by atoms with Gasteiger partial charge in [0.05, 0.1) is 0 Å². The number of benzene rings is 1. The Bertz CT molecular complexity index is 398. The predicted octanol–water partition coefficient (Wildman–Crippen LogP) is 1.85. The van der Waals surface area contributed by atoms with Crippen molar-refractivity contribution in [1.82, 2.24) is 5.32 Å². The highest BCUT2D eigenvalue weighted by Crippen LogP contribution is 2.29. The first-order valence-electron chi connectivity index (χ1n) is 4.59. The van der Waals surface area contributed by atoms with E-state index in [0.29, 0.717) is 12.1 Å². The van der Waals surface area contributed by atoms with Crippen LogP contribution in [0.1, 0.15) is 29.8 Å². The van der Waals surface area contributed by atoms with Gasteiger partial charge in [-0.05, 0) is 23.8 Å². The molecular formula is C11H12FNO. The number of carbonyl (C=O) groups excluding carboxylic acids is 1. The Morgan fingerprint density at radius 2 is 2.14 bits per heavy atom. The summed E-state index contributed by atoms with van der Waals surface area (Å²) in [6.45, 7) is 4.54. The van der Waals surface area contributed by atoms with E-state index >= 15 is 0 Å². The molecule has 0 aromatic heterocycles. The second-order valence-electron chi connectivity index (χ2n) is 4.26. The maximum Gasteiger partial charge on any atom is 0.251 e. The van der Waals surface area contributed by atoms with Gasteiger partial charge < -0.3 is 5.32 Å². The third kappa shape index (κ3) is 1.29. The van der Waals surface area contributed by atoms with E-state index in [1.807, 2.05) is 13.8 Å². The Morgan fingerprint density at radius 3 is 2.86 bits per heavy atom. The Hall–Kier alpha value is -1.38. The van der Waals surface area contributed by atoms with Crippen molar-refractivity contribution >= 4 is 5.91 Å². The summed E-state index contributed by atoms with van der Waals surface area (Å²) >= 11 is 0. The summed E-state index contributed by atoms with van der Waals surface area (Å²) in [6, 6.07) is 4.31. The minimum atomic E-state index is -0.286. The topological polar surface area (TPSA) is 29.1 Å². The van der Waals surface area contributed by atoms with E-state index in [-0.39, 0.29) is 17.1 Å². The van der Waals surface area contributed by atoms with Crippen molar-refractivity contribution < 1.29 is 9.18 Å². The zero-order chi connectivity index (χ0) is 10.3. The van der Waals surface area contributed by atoms with Gasteiger partial charge in [-0.3, -0.25) is 4.79 Å². The number of hydrogen-bond donors (Lipinski definition) is 1. The summed E-state index contributed by atoms with van der Waals surface area (Å²) < 4.78 is 13.0. The van der Waals surface area contributed by atoms with Crippen LogP contribution in [0, 0.1) is 5.82 Å².